The zero-order chi connectivity index (χ0) is 40.9. The third kappa shape index (κ3) is 28.2. The molecule has 0 saturated carbocycles. The number of phenols is 3. The van der Waals surface area contributed by atoms with E-state index in [0.29, 0.717) is 17.1 Å². The molecule has 0 aliphatic carbocycles. The molecule has 0 spiro atoms. The van der Waals surface area contributed by atoms with Crippen LogP contribution in [-0.4, -0.2) is 69.5 Å². The number of amides is 1. The molecule has 0 atom stereocenters. The summed E-state index contributed by atoms with van der Waals surface area (Å²) < 4.78 is 19.0. The number of carbonyl (C=O) groups is 5. The van der Waals surface area contributed by atoms with E-state index < -0.39 is 23.9 Å². The molecule has 15 nitrogen and oxygen atoms in total. The van der Waals surface area contributed by atoms with Crippen LogP contribution in [0.3, 0.4) is 0 Å². The van der Waals surface area contributed by atoms with Gasteiger partial charge in [0.05, 0.1) is 20.6 Å². The molecule has 10 N–H and O–H groups in total. The number of anilines is 3. The Morgan fingerprint density at radius 3 is 1.54 bits per heavy atom. The van der Waals surface area contributed by atoms with Crippen LogP contribution in [0.15, 0.2) is 78.9 Å². The van der Waals surface area contributed by atoms with Crippen molar-refractivity contribution in [1.82, 2.24) is 0 Å². The Morgan fingerprint density at radius 2 is 1.12 bits per heavy atom. The number of hydrogen-bond donors (Lipinski definition) is 8. The maximum Gasteiger partial charge on any atom is 0.341 e. The molecule has 0 aliphatic heterocycles. The van der Waals surface area contributed by atoms with Crippen molar-refractivity contribution in [2.75, 3.05) is 31.0 Å². The number of hydrogen-bond acceptors (Lipinski definition) is 12. The fraction of sp³-hybridized carbons (Fsp3) is 0.270. The number of allylic oxidation sites excluding steroid dienone is 2. The summed E-state index contributed by atoms with van der Waals surface area (Å²) in [6, 6.07) is 12.3. The van der Waals surface area contributed by atoms with Crippen LogP contribution in [0, 0.1) is 62.2 Å². The number of carboxylic acid groups (broad SMARTS) is 2. The van der Waals surface area contributed by atoms with E-state index in [4.69, 9.17) is 29.8 Å². The van der Waals surface area contributed by atoms with Crippen molar-refractivity contribution in [3.8, 4) is 17.2 Å². The van der Waals surface area contributed by atoms with E-state index in [1.807, 2.05) is 19.1 Å². The monoisotopic (exact) mass is 1310 g/mol. The van der Waals surface area contributed by atoms with Gasteiger partial charge in [0.25, 0.3) is 0 Å². The number of rotatable bonds is 11. The number of aromatic hydroxyl groups is 3. The number of aliphatic carboxylic acids is 1. The molecule has 3 aromatic rings. The number of ether oxygens (including phenoxy) is 2. The van der Waals surface area contributed by atoms with Gasteiger partial charge >= 0.3 is 23.9 Å². The fourth-order valence-electron chi connectivity index (χ4n) is 3.48. The molecule has 0 fully saturated rings. The van der Waals surface area contributed by atoms with Crippen LogP contribution in [0.4, 0.5) is 17.1 Å². The van der Waals surface area contributed by atoms with Crippen molar-refractivity contribution in [3.05, 3.63) is 95.6 Å². The number of unbranched alkanes of at least 4 members (excludes halogenated alkanes) is 1. The largest absolute Gasteiger partial charge is 0.507 e. The van der Waals surface area contributed by atoms with Crippen molar-refractivity contribution in [3.63, 3.8) is 0 Å². The first-order valence-corrected chi connectivity index (χ1v) is 15.3. The summed E-state index contributed by atoms with van der Waals surface area (Å²) in [6.45, 7) is 4.04. The molecule has 0 aromatic heterocycles. The van der Waals surface area contributed by atoms with Crippen LogP contribution in [0.1, 0.15) is 87.4 Å². The van der Waals surface area contributed by atoms with Crippen LogP contribution < -0.4 is 16.8 Å². The number of benzene rings is 3. The number of methoxy groups -OCH3 is 2. The van der Waals surface area contributed by atoms with Crippen LogP contribution >= 0.6 is 0 Å². The minimum Gasteiger partial charge on any atom is -0.507 e. The second kappa shape index (κ2) is 37.3. The molecule has 3 aromatic carbocycles. The third-order valence-electron chi connectivity index (χ3n) is 5.98. The molecule has 3 rings (SSSR count). The molecular formula is C37H51N3O12U2V2. The molecule has 0 unspecified atom stereocenters. The van der Waals surface area contributed by atoms with Gasteiger partial charge in [-0.3, -0.25) is 9.59 Å². The molecule has 0 heterocycles. The minimum absolute atomic E-state index is 0. The van der Waals surface area contributed by atoms with Crippen LogP contribution in [-0.2, 0) is 56.2 Å². The average Bonchev–Trinajstić information content (AvgIpc) is 3.14. The van der Waals surface area contributed by atoms with Gasteiger partial charge in [0.2, 0.25) is 5.91 Å². The van der Waals surface area contributed by atoms with E-state index in [9.17, 15) is 34.2 Å². The van der Waals surface area contributed by atoms with Crippen molar-refractivity contribution in [2.24, 2.45) is 0 Å². The van der Waals surface area contributed by atoms with Crippen LogP contribution in [0.25, 0.3) is 0 Å². The smallest absolute Gasteiger partial charge is 0.341 e. The van der Waals surface area contributed by atoms with Gasteiger partial charge in [-0.25, -0.2) is 14.4 Å². The SMILES string of the molecule is C.CC/C=C\CC(=O)Nc1ccc(O)c(C(=O)OC)c1.CCC/C=C\CC(=O)O.COC(=O)c1cc(N)ccc1O.Nc1ccc(O)c(C(=O)O)c1.[3H][3H].[U].[U].[V].[V]. The van der Waals surface area contributed by atoms with Gasteiger partial charge in [0.15, 0.2) is 0 Å². The summed E-state index contributed by atoms with van der Waals surface area (Å²) in [5.74, 6) is -3.97. The van der Waals surface area contributed by atoms with E-state index in [-0.39, 0.29) is 159 Å². The summed E-state index contributed by atoms with van der Waals surface area (Å²) in [5, 5.41) is 46.9. The van der Waals surface area contributed by atoms with Gasteiger partial charge in [-0.15, -0.1) is 0 Å². The molecule has 304 valence electrons. The summed E-state index contributed by atoms with van der Waals surface area (Å²) >= 11 is 0. The first-order valence-electron chi connectivity index (χ1n) is 16.3. The minimum atomic E-state index is -1.19. The third-order valence-corrected chi connectivity index (χ3v) is 5.98. The van der Waals surface area contributed by atoms with Gasteiger partial charge in [0, 0.05) is 126 Å². The molecular weight excluding hydrogens is 1260 g/mol. The summed E-state index contributed by atoms with van der Waals surface area (Å²) in [7, 11) is 2.47. The van der Waals surface area contributed by atoms with E-state index in [1.54, 1.807) is 12.2 Å². The van der Waals surface area contributed by atoms with Gasteiger partial charge in [-0.05, 0) is 67.4 Å². The van der Waals surface area contributed by atoms with Gasteiger partial charge in [-0.2, -0.15) is 0 Å². The molecule has 2 radical (unpaired) electrons. The maximum absolute atomic E-state index is 11.6. The number of carbonyl (C=O) groups excluding carboxylic acids is 3. The number of nitrogens with one attached hydrogen (secondary N) is 1. The zero-order valence-corrected chi connectivity index (χ0v) is 41.8. The Bertz CT molecular complexity index is 1710. The number of aromatic carboxylic acids is 1. The van der Waals surface area contributed by atoms with Crippen molar-refractivity contribution >= 4 is 46.8 Å². The molecule has 56 heavy (non-hydrogen) atoms. The maximum atomic E-state index is 11.6. The molecule has 0 bridgehead atoms. The number of nitrogens with two attached hydrogens (primary N) is 2. The van der Waals surface area contributed by atoms with Gasteiger partial charge in [-0.1, -0.05) is 52.0 Å². The first-order chi connectivity index (χ1) is 25.1. The Balaban J connectivity index is -0.000000119. The van der Waals surface area contributed by atoms with Gasteiger partial charge < -0.3 is 51.8 Å². The normalized spacial score (nSPS) is 9.21. The van der Waals surface area contributed by atoms with Crippen LogP contribution in [0.2, 0.25) is 0 Å². The predicted octanol–water partition coefficient (Wildman–Crippen LogP) is 6.60. The number of phenolic OH excluding ortho intramolecular Hbond substituents is 2. The Labute approximate surface area is 401 Å². The quantitative estimate of drug-likeness (QED) is 0.0435. The van der Waals surface area contributed by atoms with E-state index in [1.165, 1.54) is 68.8 Å². The second-order valence-electron chi connectivity index (χ2n) is 10.1. The average molecular weight is 1310 g/mol. The fourth-order valence-corrected chi connectivity index (χ4v) is 3.48. The van der Waals surface area contributed by atoms with Crippen molar-refractivity contribution < 1.29 is 161 Å². The van der Waals surface area contributed by atoms with Crippen LogP contribution in [0.5, 0.6) is 17.2 Å². The summed E-state index contributed by atoms with van der Waals surface area (Å²) in [4.78, 5) is 54.2. The standard InChI is InChI=1S/C14H17NO4.C8H9NO3.C7H7NO3.C7H12O2.CH4.2U.2V.H2/c1-3-4-5-6-13(17)15-10-7-8-12(16)11(9-10)14(18)19-2;1-12-8(11)6-4-5(9)2-3-7(6)10;8-4-1-2-6(9)5(3-4)7(10)11;1-2-3-4-5-6-7(8)9;;;;;;/h4-5,7-9,16H,3,6H2,1-2H3,(H,15,17);2-4,10H,9H2,1H3;1-3,9H,8H2,(H,10,11);4-5H,2-3,6H2,1H3,(H,8,9);1H4;;;;;1H/b5-4-;;;5-4-;;;;;;/i;;;;;;;;;1+2T. The molecule has 0 saturated heterocycles. The molecule has 0 aliphatic rings. The van der Waals surface area contributed by atoms with E-state index in [0.717, 1.165) is 19.3 Å². The summed E-state index contributed by atoms with van der Waals surface area (Å²) in [5.41, 5.74) is 11.8. The van der Waals surface area contributed by atoms with E-state index >= 15 is 0 Å². The Hall–Kier alpha value is -3.24. The second-order valence-corrected chi connectivity index (χ2v) is 10.1. The zero-order valence-electron chi connectivity index (χ0n) is 32.7. The van der Waals surface area contributed by atoms with Crippen molar-refractivity contribution in [1.29, 1.82) is 0 Å². The number of esters is 2. The van der Waals surface area contributed by atoms with Crippen molar-refractivity contribution in [2.45, 2.75) is 53.4 Å². The summed E-state index contributed by atoms with van der Waals surface area (Å²) in [6.07, 6.45) is 10.6. The van der Waals surface area contributed by atoms with Gasteiger partial charge in [0.1, 0.15) is 33.9 Å². The predicted molar refractivity (Wildman–Crippen MR) is 201 cm³/mol. The number of nitrogen functional groups attached to an aromatic ring is 2. The number of carboxylic acids is 2. The molecule has 19 heteroatoms. The first kappa shape index (κ1) is 62.0. The Kier molecular flexibility index (Phi) is 41.3. The van der Waals surface area contributed by atoms with E-state index in [2.05, 4.69) is 21.7 Å². The Morgan fingerprint density at radius 1 is 0.696 bits per heavy atom. The topological polar surface area (TPSA) is 269 Å². The molecule has 1 amide bonds.